The van der Waals surface area contributed by atoms with Gasteiger partial charge in [0.15, 0.2) is 11.5 Å². The van der Waals surface area contributed by atoms with Crippen LogP contribution in [-0.2, 0) is 14.8 Å². The number of amides is 1. The largest absolute Gasteiger partial charge is 0.504 e. The number of carbonyl (C=O) groups excluding carboxylic acids is 1. The molecule has 172 valence electrons. The molecule has 9 heteroatoms. The Morgan fingerprint density at radius 1 is 1.09 bits per heavy atom. The summed E-state index contributed by atoms with van der Waals surface area (Å²) in [5, 5.41) is 13.7. The normalized spacial score (nSPS) is 11.3. The van der Waals surface area contributed by atoms with Gasteiger partial charge in [-0.25, -0.2) is 13.8 Å². The molecule has 0 aliphatic rings. The van der Waals surface area contributed by atoms with Gasteiger partial charge in [-0.2, -0.15) is 5.10 Å². The fourth-order valence-electron chi connectivity index (χ4n) is 2.97. The molecular formula is C24H25N3O5S. The number of hydrogen-bond acceptors (Lipinski definition) is 6. The first kappa shape index (κ1) is 23.8. The summed E-state index contributed by atoms with van der Waals surface area (Å²) in [6.45, 7) is 3.61. The van der Waals surface area contributed by atoms with Gasteiger partial charge in [-0.15, -0.1) is 0 Å². The van der Waals surface area contributed by atoms with Gasteiger partial charge in [0.05, 0.1) is 23.4 Å². The molecule has 33 heavy (non-hydrogen) atoms. The van der Waals surface area contributed by atoms with Crippen LogP contribution in [0.3, 0.4) is 0 Å². The topological polar surface area (TPSA) is 108 Å². The fraction of sp³-hybridized carbons (Fsp3) is 0.167. The molecule has 0 unspecified atom stereocenters. The monoisotopic (exact) mass is 467 g/mol. The van der Waals surface area contributed by atoms with Crippen molar-refractivity contribution in [1.29, 1.82) is 0 Å². The fourth-order valence-corrected chi connectivity index (χ4v) is 4.41. The summed E-state index contributed by atoms with van der Waals surface area (Å²) in [6, 6.07) is 19.4. The van der Waals surface area contributed by atoms with Gasteiger partial charge in [-0.05, 0) is 61.9 Å². The molecule has 3 aromatic carbocycles. The van der Waals surface area contributed by atoms with E-state index in [4.69, 9.17) is 4.74 Å². The van der Waals surface area contributed by atoms with Crippen molar-refractivity contribution in [3.05, 3.63) is 83.9 Å². The molecule has 0 bridgehead atoms. The zero-order valence-electron chi connectivity index (χ0n) is 18.3. The van der Waals surface area contributed by atoms with Gasteiger partial charge in [0.2, 0.25) is 0 Å². The van der Waals surface area contributed by atoms with Gasteiger partial charge in [-0.3, -0.25) is 9.10 Å². The molecule has 1 amide bonds. The van der Waals surface area contributed by atoms with Crippen LogP contribution in [-0.4, -0.2) is 38.8 Å². The predicted octanol–water partition coefficient (Wildman–Crippen LogP) is 3.44. The number of anilines is 1. The van der Waals surface area contributed by atoms with E-state index in [-0.39, 0.29) is 10.6 Å². The maximum atomic E-state index is 13.2. The van der Waals surface area contributed by atoms with Crippen molar-refractivity contribution in [2.75, 3.05) is 17.5 Å². The second-order valence-electron chi connectivity index (χ2n) is 7.11. The van der Waals surface area contributed by atoms with E-state index in [2.05, 4.69) is 10.5 Å². The Labute approximate surface area is 193 Å². The lowest BCUT2D eigenvalue weighted by Gasteiger charge is -2.23. The predicted molar refractivity (Wildman–Crippen MR) is 127 cm³/mol. The molecule has 8 nitrogen and oxygen atoms in total. The van der Waals surface area contributed by atoms with Gasteiger partial charge in [0.1, 0.15) is 6.54 Å². The van der Waals surface area contributed by atoms with Crippen molar-refractivity contribution < 1.29 is 23.1 Å². The van der Waals surface area contributed by atoms with Crippen molar-refractivity contribution >= 4 is 27.8 Å². The number of ether oxygens (including phenoxy) is 1. The maximum absolute atomic E-state index is 13.2. The van der Waals surface area contributed by atoms with E-state index in [1.54, 1.807) is 61.5 Å². The van der Waals surface area contributed by atoms with E-state index in [0.717, 1.165) is 9.87 Å². The van der Waals surface area contributed by atoms with E-state index in [9.17, 15) is 18.3 Å². The van der Waals surface area contributed by atoms with Crippen molar-refractivity contribution in [2.24, 2.45) is 5.10 Å². The highest BCUT2D eigenvalue weighted by atomic mass is 32.2. The molecule has 0 saturated heterocycles. The minimum atomic E-state index is -3.98. The zero-order chi connectivity index (χ0) is 23.8. The number of benzene rings is 3. The van der Waals surface area contributed by atoms with Crippen molar-refractivity contribution in [1.82, 2.24) is 5.43 Å². The van der Waals surface area contributed by atoms with Gasteiger partial charge in [0, 0.05) is 0 Å². The molecule has 0 aliphatic carbocycles. The quantitative estimate of drug-likeness (QED) is 0.370. The molecule has 0 spiro atoms. The van der Waals surface area contributed by atoms with Crippen LogP contribution in [0.1, 0.15) is 18.1 Å². The average molecular weight is 468 g/mol. The number of hydrazone groups is 1. The van der Waals surface area contributed by atoms with Gasteiger partial charge >= 0.3 is 0 Å². The number of aryl methyl sites for hydroxylation is 1. The van der Waals surface area contributed by atoms with E-state index < -0.39 is 22.5 Å². The van der Waals surface area contributed by atoms with Crippen LogP contribution in [0.5, 0.6) is 11.5 Å². The van der Waals surface area contributed by atoms with E-state index in [0.29, 0.717) is 23.6 Å². The van der Waals surface area contributed by atoms with Crippen LogP contribution < -0.4 is 14.5 Å². The Kier molecular flexibility index (Phi) is 7.68. The lowest BCUT2D eigenvalue weighted by Crippen LogP contribution is -2.39. The standard InChI is InChI=1S/C24H25N3O5S/c1-3-32-23-15-19(11-14-22(23)28)16-25-26-24(29)17-27(20-12-9-18(2)10-13-20)33(30,31)21-7-5-4-6-8-21/h4-16,28H,3,17H2,1-2H3,(H,26,29)/b25-16-. The molecule has 0 fully saturated rings. The number of phenolic OH excluding ortho intramolecular Hbond substituents is 1. The summed E-state index contributed by atoms with van der Waals surface area (Å²) >= 11 is 0. The maximum Gasteiger partial charge on any atom is 0.264 e. The van der Waals surface area contributed by atoms with Crippen molar-refractivity contribution in [2.45, 2.75) is 18.7 Å². The molecule has 0 atom stereocenters. The smallest absolute Gasteiger partial charge is 0.264 e. The third kappa shape index (κ3) is 6.11. The van der Waals surface area contributed by atoms with E-state index in [1.165, 1.54) is 24.4 Å². The first-order valence-corrected chi connectivity index (χ1v) is 11.7. The van der Waals surface area contributed by atoms with Crippen LogP contribution in [0.2, 0.25) is 0 Å². The molecule has 0 aromatic heterocycles. The highest BCUT2D eigenvalue weighted by Gasteiger charge is 2.27. The second kappa shape index (κ2) is 10.6. The minimum absolute atomic E-state index is 0.00195. The van der Waals surface area contributed by atoms with Crippen molar-refractivity contribution in [3.8, 4) is 11.5 Å². The summed E-state index contributed by atoms with van der Waals surface area (Å²) in [4.78, 5) is 12.7. The highest BCUT2D eigenvalue weighted by molar-refractivity contribution is 7.92. The molecule has 0 aliphatic heterocycles. The molecule has 3 rings (SSSR count). The van der Waals surface area contributed by atoms with E-state index >= 15 is 0 Å². The van der Waals surface area contributed by atoms with Crippen LogP contribution in [0.25, 0.3) is 0 Å². The summed E-state index contributed by atoms with van der Waals surface area (Å²) < 4.78 is 32.9. The Bertz CT molecular complexity index is 1230. The number of nitrogens with zero attached hydrogens (tertiary/aromatic N) is 2. The Hall–Kier alpha value is -3.85. The second-order valence-corrected chi connectivity index (χ2v) is 8.98. The van der Waals surface area contributed by atoms with Crippen LogP contribution in [0.15, 0.2) is 82.8 Å². The number of rotatable bonds is 9. The third-order valence-electron chi connectivity index (χ3n) is 4.63. The van der Waals surface area contributed by atoms with Gasteiger partial charge < -0.3 is 9.84 Å². The summed E-state index contributed by atoms with van der Waals surface area (Å²) in [7, 11) is -3.98. The number of aromatic hydroxyl groups is 1. The molecule has 0 saturated carbocycles. The first-order valence-electron chi connectivity index (χ1n) is 10.2. The third-order valence-corrected chi connectivity index (χ3v) is 6.42. The number of hydrogen-bond donors (Lipinski definition) is 2. The SMILES string of the molecule is CCOc1cc(/C=N\NC(=O)CN(c2ccc(C)cc2)S(=O)(=O)c2ccccc2)ccc1O. The van der Waals surface area contributed by atoms with Gasteiger partial charge in [-0.1, -0.05) is 35.9 Å². The molecular weight excluding hydrogens is 442 g/mol. The first-order chi connectivity index (χ1) is 15.8. The molecule has 3 aromatic rings. The van der Waals surface area contributed by atoms with Crippen LogP contribution >= 0.6 is 0 Å². The number of nitrogens with one attached hydrogen (secondary N) is 1. The van der Waals surface area contributed by atoms with E-state index in [1.807, 2.05) is 6.92 Å². The Morgan fingerprint density at radius 3 is 2.45 bits per heavy atom. The Balaban J connectivity index is 1.79. The summed E-state index contributed by atoms with van der Waals surface area (Å²) in [5.41, 5.74) is 4.27. The van der Waals surface area contributed by atoms with Gasteiger partial charge in [0.25, 0.3) is 15.9 Å². The van der Waals surface area contributed by atoms with Crippen LogP contribution in [0, 0.1) is 6.92 Å². The lowest BCUT2D eigenvalue weighted by atomic mass is 10.2. The summed E-state index contributed by atoms with van der Waals surface area (Å²) in [6.07, 6.45) is 1.38. The minimum Gasteiger partial charge on any atom is -0.504 e. The number of sulfonamides is 1. The Morgan fingerprint density at radius 2 is 1.79 bits per heavy atom. The highest BCUT2D eigenvalue weighted by Crippen LogP contribution is 2.26. The molecule has 2 N–H and O–H groups in total. The number of carbonyl (C=O) groups is 1. The van der Waals surface area contributed by atoms with Crippen molar-refractivity contribution in [3.63, 3.8) is 0 Å². The molecule has 0 heterocycles. The van der Waals surface area contributed by atoms with Crippen LogP contribution in [0.4, 0.5) is 5.69 Å². The lowest BCUT2D eigenvalue weighted by molar-refractivity contribution is -0.119. The summed E-state index contributed by atoms with van der Waals surface area (Å²) in [5.74, 6) is -0.319. The molecule has 0 radical (unpaired) electrons. The zero-order valence-corrected chi connectivity index (χ0v) is 19.1. The number of phenols is 1. The average Bonchev–Trinajstić information content (AvgIpc) is 2.81.